The van der Waals surface area contributed by atoms with Gasteiger partial charge in [0, 0.05) is 17.7 Å². The van der Waals surface area contributed by atoms with E-state index in [1.807, 2.05) is 0 Å². The number of aliphatic hydroxyl groups excluding tert-OH is 11. The Balaban J connectivity index is 1.26. The summed E-state index contributed by atoms with van der Waals surface area (Å²) in [6.07, 6.45) is -35.5. The van der Waals surface area contributed by atoms with Crippen LogP contribution in [0.25, 0.3) is 22.3 Å². The van der Waals surface area contributed by atoms with Crippen molar-refractivity contribution < 1.29 is 119 Å². The molecule has 25 heteroatoms. The maximum Gasteiger partial charge on any atom is 0.239 e. The molecule has 362 valence electrons. The number of aromatic hydroxyl groups is 3. The second-order valence-corrected chi connectivity index (χ2v) is 16.1. The highest BCUT2D eigenvalue weighted by molar-refractivity contribution is 5.88. The molecule has 0 bridgehead atoms. The summed E-state index contributed by atoms with van der Waals surface area (Å²) in [4.78, 5) is 14.4. The van der Waals surface area contributed by atoms with Gasteiger partial charge in [-0.1, -0.05) is 0 Å². The van der Waals surface area contributed by atoms with E-state index in [9.17, 15) is 76.3 Å². The second-order valence-electron chi connectivity index (χ2n) is 16.1. The normalized spacial score (nSPS) is 40.2. The van der Waals surface area contributed by atoms with Crippen LogP contribution in [0.5, 0.6) is 28.7 Å². The Morgan fingerprint density at radius 2 is 1.20 bits per heavy atom. The summed E-state index contributed by atoms with van der Waals surface area (Å²) in [5.74, 6) is -2.93. The monoisotopic (exact) mass is 932 g/mol. The van der Waals surface area contributed by atoms with E-state index in [2.05, 4.69) is 0 Å². The number of benzene rings is 2. The zero-order valence-corrected chi connectivity index (χ0v) is 34.6. The molecule has 3 aromatic rings. The van der Waals surface area contributed by atoms with Crippen LogP contribution in [0.15, 0.2) is 39.5 Å². The van der Waals surface area contributed by atoms with Crippen LogP contribution in [0, 0.1) is 0 Å². The number of methoxy groups -OCH3 is 1. The first-order valence-corrected chi connectivity index (χ1v) is 20.3. The van der Waals surface area contributed by atoms with Crippen molar-refractivity contribution in [3.63, 3.8) is 0 Å². The van der Waals surface area contributed by atoms with Gasteiger partial charge in [0.15, 0.2) is 42.2 Å². The number of hydrogen-bond acceptors (Lipinski definition) is 25. The van der Waals surface area contributed by atoms with Crippen LogP contribution in [0.2, 0.25) is 0 Å². The summed E-state index contributed by atoms with van der Waals surface area (Å²) in [6.45, 7) is 1.10. The first kappa shape index (κ1) is 48.9. The molecule has 4 fully saturated rings. The predicted octanol–water partition coefficient (Wildman–Crippen LogP) is -4.71. The van der Waals surface area contributed by atoms with Crippen LogP contribution in [0.3, 0.4) is 0 Å². The Hall–Kier alpha value is -4.07. The fourth-order valence-electron chi connectivity index (χ4n) is 7.88. The van der Waals surface area contributed by atoms with Crippen molar-refractivity contribution in [1.82, 2.24) is 0 Å². The molecule has 14 N–H and O–H groups in total. The lowest BCUT2D eigenvalue weighted by atomic mass is 9.96. The molecule has 25 nitrogen and oxygen atoms in total. The molecule has 4 aliphatic heterocycles. The summed E-state index contributed by atoms with van der Waals surface area (Å²) >= 11 is 0. The number of phenolic OH excluding ortho intramolecular Hbond substituents is 3. The lowest BCUT2D eigenvalue weighted by molar-refractivity contribution is -0.379. The third-order valence-corrected chi connectivity index (χ3v) is 11.7. The van der Waals surface area contributed by atoms with Crippen molar-refractivity contribution in [1.29, 1.82) is 0 Å². The molecule has 4 saturated heterocycles. The quantitative estimate of drug-likeness (QED) is 0.0811. The Morgan fingerprint density at radius 1 is 0.600 bits per heavy atom. The van der Waals surface area contributed by atoms with E-state index in [-0.39, 0.29) is 22.6 Å². The second kappa shape index (κ2) is 19.6. The lowest BCUT2D eigenvalue weighted by Crippen LogP contribution is -2.66. The Morgan fingerprint density at radius 3 is 1.89 bits per heavy atom. The standard InChI is InChI=1S/C40H52O25/c1-11-22(45)27(50)30(53)37(58-11)57-10-20-25(48)29(52)36(65-39-32(55)34(23(46)12(2)59-39)63-38-31(54)28(51)24(47)19(9-41)61-38)40(62-20)64-35-26(49)21-16(44)7-14(42)8-18(21)60-33(35)13-4-5-15(43)17(6-13)56-3/h4-8,11-12,19-20,22-25,27-32,34,36-48,50-55H,9-10H2,1-3H3/t11-,12-,19+,20+,22-,23-,24+,25+,27+,28-,29-,30+,31+,32+,34+,36+,37+,38-,39-,40-/m0/s1. The fourth-order valence-corrected chi connectivity index (χ4v) is 7.88. The maximum atomic E-state index is 14.4. The molecule has 1 aromatic heterocycles. The average Bonchev–Trinajstić information content (AvgIpc) is 3.27. The van der Waals surface area contributed by atoms with E-state index < -0.39 is 170 Å². The van der Waals surface area contributed by atoms with Crippen LogP contribution in [-0.4, -0.2) is 215 Å². The first-order valence-electron chi connectivity index (χ1n) is 20.3. The van der Waals surface area contributed by atoms with Gasteiger partial charge < -0.3 is 119 Å². The molecule has 65 heavy (non-hydrogen) atoms. The molecule has 4 aliphatic rings. The third kappa shape index (κ3) is 9.44. The van der Waals surface area contributed by atoms with E-state index in [1.54, 1.807) is 0 Å². The molecule has 0 saturated carbocycles. The average molecular weight is 933 g/mol. The van der Waals surface area contributed by atoms with E-state index >= 15 is 0 Å². The Labute approximate surface area is 366 Å². The zero-order chi connectivity index (χ0) is 47.3. The fraction of sp³-hybridized carbons (Fsp3) is 0.625. The van der Waals surface area contributed by atoms with E-state index in [0.29, 0.717) is 0 Å². The van der Waals surface area contributed by atoms with Crippen LogP contribution < -0.4 is 14.9 Å². The van der Waals surface area contributed by atoms with Gasteiger partial charge in [0.2, 0.25) is 17.5 Å². The Bertz CT molecular complexity index is 2170. The predicted molar refractivity (Wildman–Crippen MR) is 209 cm³/mol. The van der Waals surface area contributed by atoms with Crippen molar-refractivity contribution >= 4 is 11.0 Å². The molecule has 5 heterocycles. The number of hydrogen-bond donors (Lipinski definition) is 14. The first-order chi connectivity index (χ1) is 30.7. The number of ether oxygens (including phenoxy) is 9. The van der Waals surface area contributed by atoms with Crippen LogP contribution in [0.1, 0.15) is 13.8 Å². The summed E-state index contributed by atoms with van der Waals surface area (Å²) < 4.78 is 57.4. The van der Waals surface area contributed by atoms with Gasteiger partial charge in [-0.3, -0.25) is 4.79 Å². The minimum Gasteiger partial charge on any atom is -0.508 e. The van der Waals surface area contributed by atoms with Crippen molar-refractivity contribution in [2.45, 2.75) is 137 Å². The number of fused-ring (bicyclic) bond motifs is 1. The summed E-state index contributed by atoms with van der Waals surface area (Å²) in [6, 6.07) is 5.53. The molecular formula is C40H52O25. The van der Waals surface area contributed by atoms with Gasteiger partial charge in [0.25, 0.3) is 0 Å². The number of rotatable bonds is 12. The lowest BCUT2D eigenvalue weighted by Gasteiger charge is -2.48. The van der Waals surface area contributed by atoms with Crippen molar-refractivity contribution in [3.8, 4) is 40.1 Å². The van der Waals surface area contributed by atoms with Gasteiger partial charge in [0.05, 0.1) is 32.5 Å². The van der Waals surface area contributed by atoms with Crippen molar-refractivity contribution in [2.75, 3.05) is 20.3 Å². The van der Waals surface area contributed by atoms with E-state index in [1.165, 1.54) is 39.2 Å². The highest BCUT2D eigenvalue weighted by atomic mass is 16.8. The van der Waals surface area contributed by atoms with Crippen LogP contribution in [0.4, 0.5) is 0 Å². The number of aliphatic hydroxyl groups is 11. The minimum absolute atomic E-state index is 0.00874. The molecule has 2 aromatic carbocycles. The molecule has 20 atom stereocenters. The zero-order valence-electron chi connectivity index (χ0n) is 34.6. The van der Waals surface area contributed by atoms with Crippen molar-refractivity contribution in [2.24, 2.45) is 0 Å². The van der Waals surface area contributed by atoms with Gasteiger partial charge in [-0.2, -0.15) is 0 Å². The van der Waals surface area contributed by atoms with E-state index in [0.717, 1.165) is 12.1 Å². The number of phenols is 3. The summed E-state index contributed by atoms with van der Waals surface area (Å²) in [7, 11) is 1.23. The topological polar surface area (TPSA) is 397 Å². The molecule has 0 spiro atoms. The SMILES string of the molecule is COc1cc(-c2oc3cc(O)cc(O)c3c(=O)c2O[C@@H]2O[C@H](CO[C@@H]3O[C@@H](C)[C@H](O)[C@@H](O)[C@H]3O)[C@@H](O)[C@H](O)[C@H]2O[C@@H]2O[C@@H](C)[C@H](O)[C@@H](O[C@@H]3O[C@H](CO)[C@@H](O)[C@H](O)[C@H]3O)[C@H]2O)ccc1O. The van der Waals surface area contributed by atoms with Gasteiger partial charge in [-0.05, 0) is 32.0 Å². The van der Waals surface area contributed by atoms with Gasteiger partial charge in [0.1, 0.15) is 102 Å². The third-order valence-electron chi connectivity index (χ3n) is 11.7. The van der Waals surface area contributed by atoms with E-state index in [4.69, 9.17) is 47.0 Å². The molecule has 0 unspecified atom stereocenters. The van der Waals surface area contributed by atoms with Gasteiger partial charge >= 0.3 is 0 Å². The minimum atomic E-state index is -2.15. The molecule has 0 aliphatic carbocycles. The molecule has 0 amide bonds. The van der Waals surface area contributed by atoms with Gasteiger partial charge in [-0.25, -0.2) is 0 Å². The summed E-state index contributed by atoms with van der Waals surface area (Å²) in [5.41, 5.74) is -1.48. The highest BCUT2D eigenvalue weighted by Gasteiger charge is 2.54. The smallest absolute Gasteiger partial charge is 0.239 e. The Kier molecular flexibility index (Phi) is 14.8. The van der Waals surface area contributed by atoms with Crippen LogP contribution in [-0.2, 0) is 33.2 Å². The molecule has 7 rings (SSSR count). The maximum absolute atomic E-state index is 14.4. The largest absolute Gasteiger partial charge is 0.508 e. The van der Waals surface area contributed by atoms with Crippen LogP contribution >= 0.6 is 0 Å². The summed E-state index contributed by atoms with van der Waals surface area (Å²) in [5, 5.41) is 149. The molecular weight excluding hydrogens is 880 g/mol. The van der Waals surface area contributed by atoms with Gasteiger partial charge in [-0.15, -0.1) is 0 Å². The molecule has 0 radical (unpaired) electrons. The highest BCUT2D eigenvalue weighted by Crippen LogP contribution is 2.41. The van der Waals surface area contributed by atoms with Crippen molar-refractivity contribution in [3.05, 3.63) is 40.6 Å².